The molecule has 0 aliphatic rings. The summed E-state index contributed by atoms with van der Waals surface area (Å²) in [5.74, 6) is 0.572. The number of nitrogens with zero attached hydrogens (tertiary/aromatic N) is 1. The van der Waals surface area contributed by atoms with Gasteiger partial charge in [0, 0.05) is 12.7 Å². The number of anilines is 1. The zero-order chi connectivity index (χ0) is 13.8. The molecule has 0 aliphatic heterocycles. The fraction of sp³-hybridized carbons (Fsp3) is 0.214. The summed E-state index contributed by atoms with van der Waals surface area (Å²) in [5, 5.41) is 3.51. The average molecular weight is 278 g/mol. The van der Waals surface area contributed by atoms with Gasteiger partial charge in [-0.3, -0.25) is 0 Å². The number of hydrogen-bond acceptors (Lipinski definition) is 2. The van der Waals surface area contributed by atoms with Crippen LogP contribution in [-0.2, 0) is 6.54 Å². The lowest BCUT2D eigenvalue weighted by Crippen LogP contribution is -2.30. The summed E-state index contributed by atoms with van der Waals surface area (Å²) >= 11 is 5.26. The largest absolute Gasteiger partial charge is 0.467 e. The quantitative estimate of drug-likeness (QED) is 0.869. The topological polar surface area (TPSA) is 28.4 Å². The third-order valence-corrected chi connectivity index (χ3v) is 3.16. The fourth-order valence-corrected chi connectivity index (χ4v) is 1.78. The van der Waals surface area contributed by atoms with Crippen molar-refractivity contribution in [3.8, 4) is 0 Å². The molecule has 0 radical (unpaired) electrons. The van der Waals surface area contributed by atoms with Crippen molar-refractivity contribution < 1.29 is 8.81 Å². The second-order valence-electron chi connectivity index (χ2n) is 4.33. The van der Waals surface area contributed by atoms with Crippen LogP contribution in [0, 0.1) is 12.7 Å². The molecule has 3 nitrogen and oxygen atoms in total. The third kappa shape index (κ3) is 3.54. The second kappa shape index (κ2) is 5.84. The molecule has 0 bridgehead atoms. The minimum atomic E-state index is -0.249. The van der Waals surface area contributed by atoms with E-state index in [9.17, 15) is 4.39 Å². The van der Waals surface area contributed by atoms with Crippen molar-refractivity contribution in [1.29, 1.82) is 0 Å². The van der Waals surface area contributed by atoms with E-state index in [2.05, 4.69) is 5.32 Å². The van der Waals surface area contributed by atoms with Crippen molar-refractivity contribution in [3.05, 3.63) is 53.7 Å². The van der Waals surface area contributed by atoms with Gasteiger partial charge in [-0.05, 0) is 49.0 Å². The van der Waals surface area contributed by atoms with E-state index in [1.54, 1.807) is 25.3 Å². The molecule has 0 saturated heterocycles. The van der Waals surface area contributed by atoms with Gasteiger partial charge in [-0.1, -0.05) is 6.07 Å². The molecule has 2 aromatic rings. The van der Waals surface area contributed by atoms with Crippen LogP contribution in [-0.4, -0.2) is 17.1 Å². The molecule has 1 aromatic carbocycles. The number of halogens is 1. The molecule has 2 rings (SSSR count). The number of thiocarbonyl (C=S) groups is 1. The first kappa shape index (κ1) is 13.5. The van der Waals surface area contributed by atoms with Gasteiger partial charge in [-0.25, -0.2) is 4.39 Å². The van der Waals surface area contributed by atoms with E-state index in [0.717, 1.165) is 5.76 Å². The number of furan rings is 1. The normalized spacial score (nSPS) is 10.3. The van der Waals surface area contributed by atoms with Crippen LogP contribution in [0.4, 0.5) is 10.1 Å². The number of nitrogens with one attached hydrogen (secondary N) is 1. The van der Waals surface area contributed by atoms with Crippen LogP contribution in [0.15, 0.2) is 41.0 Å². The van der Waals surface area contributed by atoms with Gasteiger partial charge < -0.3 is 14.6 Å². The predicted molar refractivity (Wildman–Crippen MR) is 77.5 cm³/mol. The van der Waals surface area contributed by atoms with Gasteiger partial charge in [0.15, 0.2) is 5.11 Å². The van der Waals surface area contributed by atoms with Gasteiger partial charge in [0.05, 0.1) is 12.8 Å². The van der Waals surface area contributed by atoms with Crippen LogP contribution in [0.25, 0.3) is 0 Å². The molecule has 100 valence electrons. The molecule has 0 atom stereocenters. The molecule has 0 unspecified atom stereocenters. The lowest BCUT2D eigenvalue weighted by Gasteiger charge is -2.20. The highest BCUT2D eigenvalue weighted by molar-refractivity contribution is 7.80. The third-order valence-electron chi connectivity index (χ3n) is 2.74. The molecule has 0 amide bonds. The maximum Gasteiger partial charge on any atom is 0.173 e. The van der Waals surface area contributed by atoms with Crippen molar-refractivity contribution in [2.45, 2.75) is 13.5 Å². The number of hydrogen-bond donors (Lipinski definition) is 1. The second-order valence-corrected chi connectivity index (χ2v) is 4.72. The summed E-state index contributed by atoms with van der Waals surface area (Å²) in [6.45, 7) is 2.29. The zero-order valence-electron chi connectivity index (χ0n) is 10.8. The lowest BCUT2D eigenvalue weighted by molar-refractivity contribution is 0.414. The zero-order valence-corrected chi connectivity index (χ0v) is 11.6. The first-order valence-electron chi connectivity index (χ1n) is 5.87. The van der Waals surface area contributed by atoms with Crippen molar-refractivity contribution >= 4 is 23.0 Å². The molecule has 0 spiro atoms. The Morgan fingerprint density at radius 3 is 2.84 bits per heavy atom. The molecule has 0 fully saturated rings. The van der Waals surface area contributed by atoms with E-state index >= 15 is 0 Å². The minimum absolute atomic E-state index is 0.249. The highest BCUT2D eigenvalue weighted by atomic mass is 32.1. The fourth-order valence-electron chi connectivity index (χ4n) is 1.60. The highest BCUT2D eigenvalue weighted by Crippen LogP contribution is 2.14. The minimum Gasteiger partial charge on any atom is -0.467 e. The Kier molecular flexibility index (Phi) is 4.16. The van der Waals surface area contributed by atoms with Crippen molar-refractivity contribution in [2.24, 2.45) is 0 Å². The molecule has 1 heterocycles. The van der Waals surface area contributed by atoms with Gasteiger partial charge in [-0.2, -0.15) is 0 Å². The summed E-state index contributed by atoms with van der Waals surface area (Å²) < 4.78 is 18.7. The van der Waals surface area contributed by atoms with Crippen LogP contribution >= 0.6 is 12.2 Å². The number of benzene rings is 1. The molecule has 19 heavy (non-hydrogen) atoms. The van der Waals surface area contributed by atoms with E-state index in [4.69, 9.17) is 16.6 Å². The van der Waals surface area contributed by atoms with E-state index in [1.165, 1.54) is 6.07 Å². The Morgan fingerprint density at radius 1 is 1.42 bits per heavy atom. The number of rotatable bonds is 3. The molecule has 0 saturated carbocycles. The Hall–Kier alpha value is -1.88. The molecule has 5 heteroatoms. The summed E-state index contributed by atoms with van der Waals surface area (Å²) in [4.78, 5) is 1.83. The maximum atomic E-state index is 13.4. The first-order chi connectivity index (χ1) is 9.06. The van der Waals surface area contributed by atoms with Crippen molar-refractivity contribution in [3.63, 3.8) is 0 Å². The maximum absolute atomic E-state index is 13.4. The standard InChI is InChI=1S/C14H15FN2OS/c1-10-5-6-11(8-13(10)15)16-14(19)17(2)9-12-4-3-7-18-12/h3-8H,9H2,1-2H3,(H,16,19). The Morgan fingerprint density at radius 2 is 2.21 bits per heavy atom. The van der Waals surface area contributed by atoms with Crippen LogP contribution in [0.2, 0.25) is 0 Å². The molecular weight excluding hydrogens is 263 g/mol. The Labute approximate surface area is 117 Å². The monoisotopic (exact) mass is 278 g/mol. The molecule has 0 aliphatic carbocycles. The predicted octanol–water partition coefficient (Wildman–Crippen LogP) is 3.56. The van der Waals surface area contributed by atoms with E-state index < -0.39 is 0 Å². The van der Waals surface area contributed by atoms with Gasteiger partial charge in [0.2, 0.25) is 0 Å². The Balaban J connectivity index is 1.98. The van der Waals surface area contributed by atoms with Gasteiger partial charge in [-0.15, -0.1) is 0 Å². The molecule has 1 N–H and O–H groups in total. The smallest absolute Gasteiger partial charge is 0.173 e. The summed E-state index contributed by atoms with van der Waals surface area (Å²) in [6, 6.07) is 8.65. The van der Waals surface area contributed by atoms with Gasteiger partial charge in [0.25, 0.3) is 0 Å². The Bertz CT molecular complexity index is 569. The summed E-state index contributed by atoms with van der Waals surface area (Å²) in [5.41, 5.74) is 1.25. The van der Waals surface area contributed by atoms with Crippen molar-refractivity contribution in [1.82, 2.24) is 4.90 Å². The van der Waals surface area contributed by atoms with Crippen LogP contribution < -0.4 is 5.32 Å². The summed E-state index contributed by atoms with van der Waals surface area (Å²) in [6.07, 6.45) is 1.62. The molecule has 1 aromatic heterocycles. The van der Waals surface area contributed by atoms with Gasteiger partial charge in [0.1, 0.15) is 11.6 Å². The summed E-state index contributed by atoms with van der Waals surface area (Å²) in [7, 11) is 1.85. The number of aryl methyl sites for hydroxylation is 1. The van der Waals surface area contributed by atoms with Crippen molar-refractivity contribution in [2.75, 3.05) is 12.4 Å². The molecular formula is C14H15FN2OS. The van der Waals surface area contributed by atoms with E-state index in [-0.39, 0.29) is 5.82 Å². The lowest BCUT2D eigenvalue weighted by atomic mass is 10.2. The van der Waals surface area contributed by atoms with Crippen LogP contribution in [0.5, 0.6) is 0 Å². The van der Waals surface area contributed by atoms with Crippen LogP contribution in [0.3, 0.4) is 0 Å². The first-order valence-corrected chi connectivity index (χ1v) is 6.28. The SMILES string of the molecule is Cc1ccc(NC(=S)N(C)Cc2ccco2)cc1F. The average Bonchev–Trinajstić information content (AvgIpc) is 2.86. The van der Waals surface area contributed by atoms with Crippen LogP contribution in [0.1, 0.15) is 11.3 Å². The van der Waals surface area contributed by atoms with Gasteiger partial charge >= 0.3 is 0 Å². The van der Waals surface area contributed by atoms with E-state index in [1.807, 2.05) is 24.1 Å². The van der Waals surface area contributed by atoms with E-state index in [0.29, 0.717) is 22.9 Å². The highest BCUT2D eigenvalue weighted by Gasteiger charge is 2.08.